The largest absolute Gasteiger partial charge is 0.492 e. The molecule has 0 unspecified atom stereocenters. The third kappa shape index (κ3) is 5.72. The van der Waals surface area contributed by atoms with Crippen molar-refractivity contribution in [2.45, 2.75) is 39.3 Å². The van der Waals surface area contributed by atoms with Crippen molar-refractivity contribution in [2.75, 3.05) is 19.7 Å². The minimum Gasteiger partial charge on any atom is -0.492 e. The first-order chi connectivity index (χ1) is 13.2. The van der Waals surface area contributed by atoms with Gasteiger partial charge in [0, 0.05) is 18.7 Å². The lowest BCUT2D eigenvalue weighted by molar-refractivity contribution is 0.0951. The van der Waals surface area contributed by atoms with E-state index in [0.29, 0.717) is 29.5 Å². The van der Waals surface area contributed by atoms with E-state index < -0.39 is 0 Å². The smallest absolute Gasteiger partial charge is 0.251 e. The molecule has 2 aromatic carbocycles. The molecule has 0 aliphatic carbocycles. The van der Waals surface area contributed by atoms with Crippen LogP contribution in [0.3, 0.4) is 0 Å². The highest BCUT2D eigenvalue weighted by Gasteiger charge is 2.12. The Balaban J connectivity index is 1.57. The van der Waals surface area contributed by atoms with E-state index in [9.17, 15) is 4.79 Å². The van der Waals surface area contributed by atoms with E-state index in [1.54, 1.807) is 18.2 Å². The van der Waals surface area contributed by atoms with E-state index in [2.05, 4.69) is 28.4 Å². The Morgan fingerprint density at radius 1 is 1.11 bits per heavy atom. The summed E-state index contributed by atoms with van der Waals surface area (Å²) in [6.45, 7) is 6.28. The Morgan fingerprint density at radius 3 is 2.63 bits per heavy atom. The molecule has 0 spiro atoms. The quantitative estimate of drug-likeness (QED) is 0.752. The van der Waals surface area contributed by atoms with Gasteiger partial charge in [-0.05, 0) is 62.2 Å². The summed E-state index contributed by atoms with van der Waals surface area (Å²) < 4.78 is 5.41. The van der Waals surface area contributed by atoms with Crippen LogP contribution in [-0.2, 0) is 13.1 Å². The first-order valence-corrected chi connectivity index (χ1v) is 10.0. The van der Waals surface area contributed by atoms with Crippen molar-refractivity contribution in [3.8, 4) is 5.75 Å². The highest BCUT2D eigenvalue weighted by atomic mass is 35.5. The molecule has 1 fully saturated rings. The molecule has 27 heavy (non-hydrogen) atoms. The summed E-state index contributed by atoms with van der Waals surface area (Å²) in [4.78, 5) is 14.9. The SMILES string of the molecule is CCOc1ccc(C(=O)NCc2cccc(CN3CCCCC3)c2)cc1Cl. The maximum absolute atomic E-state index is 12.4. The normalized spacial score (nSPS) is 14.7. The maximum Gasteiger partial charge on any atom is 0.251 e. The number of carbonyl (C=O) groups is 1. The molecule has 144 valence electrons. The third-order valence-corrected chi connectivity index (χ3v) is 5.09. The van der Waals surface area contributed by atoms with Crippen LogP contribution in [0.1, 0.15) is 47.7 Å². The van der Waals surface area contributed by atoms with Gasteiger partial charge in [0.05, 0.1) is 11.6 Å². The van der Waals surface area contributed by atoms with Crippen LogP contribution in [0.25, 0.3) is 0 Å². The summed E-state index contributed by atoms with van der Waals surface area (Å²) in [5.74, 6) is 0.461. The average molecular weight is 387 g/mol. The van der Waals surface area contributed by atoms with Gasteiger partial charge in [0.25, 0.3) is 5.91 Å². The topological polar surface area (TPSA) is 41.6 Å². The number of halogens is 1. The molecule has 3 rings (SSSR count). The van der Waals surface area contributed by atoms with E-state index in [4.69, 9.17) is 16.3 Å². The Hall–Kier alpha value is -2.04. The minimum absolute atomic E-state index is 0.138. The number of hydrogen-bond donors (Lipinski definition) is 1. The third-order valence-electron chi connectivity index (χ3n) is 4.79. The van der Waals surface area contributed by atoms with Gasteiger partial charge in [-0.15, -0.1) is 0 Å². The lowest BCUT2D eigenvalue weighted by Crippen LogP contribution is -2.29. The van der Waals surface area contributed by atoms with Crippen LogP contribution in [0.4, 0.5) is 0 Å². The first kappa shape index (κ1) is 19.7. The molecule has 0 atom stereocenters. The molecule has 0 aromatic heterocycles. The van der Waals surface area contributed by atoms with Crippen molar-refractivity contribution in [2.24, 2.45) is 0 Å². The van der Waals surface area contributed by atoms with Crippen molar-refractivity contribution in [1.29, 1.82) is 0 Å². The predicted molar refractivity (Wildman–Crippen MR) is 109 cm³/mol. The molecule has 0 radical (unpaired) electrons. The van der Waals surface area contributed by atoms with E-state index in [0.717, 1.165) is 12.1 Å². The highest BCUT2D eigenvalue weighted by Crippen LogP contribution is 2.25. The zero-order chi connectivity index (χ0) is 19.1. The summed E-state index contributed by atoms with van der Waals surface area (Å²) in [6, 6.07) is 13.6. The number of nitrogens with zero attached hydrogens (tertiary/aromatic N) is 1. The fraction of sp³-hybridized carbons (Fsp3) is 0.409. The van der Waals surface area contributed by atoms with Crippen molar-refractivity contribution >= 4 is 17.5 Å². The number of hydrogen-bond acceptors (Lipinski definition) is 3. The van der Waals surface area contributed by atoms with Gasteiger partial charge < -0.3 is 10.1 Å². The van der Waals surface area contributed by atoms with Gasteiger partial charge >= 0.3 is 0 Å². The van der Waals surface area contributed by atoms with Gasteiger partial charge in [0.2, 0.25) is 0 Å². The molecular formula is C22H27ClN2O2. The Morgan fingerprint density at radius 2 is 1.89 bits per heavy atom. The van der Waals surface area contributed by atoms with Gasteiger partial charge in [-0.2, -0.15) is 0 Å². The monoisotopic (exact) mass is 386 g/mol. The first-order valence-electron chi connectivity index (χ1n) is 9.66. The molecule has 0 bridgehead atoms. The summed E-state index contributed by atoms with van der Waals surface area (Å²) >= 11 is 6.17. The number of piperidine rings is 1. The minimum atomic E-state index is -0.138. The zero-order valence-electron chi connectivity index (χ0n) is 15.8. The number of nitrogens with one attached hydrogen (secondary N) is 1. The maximum atomic E-state index is 12.4. The highest BCUT2D eigenvalue weighted by molar-refractivity contribution is 6.32. The summed E-state index contributed by atoms with van der Waals surface area (Å²) in [6.07, 6.45) is 3.93. The number of rotatable bonds is 7. The molecule has 1 aliphatic heterocycles. The van der Waals surface area contributed by atoms with Crippen LogP contribution < -0.4 is 10.1 Å². The van der Waals surface area contributed by atoms with Crippen LogP contribution >= 0.6 is 11.6 Å². The molecule has 0 saturated carbocycles. The molecule has 4 nitrogen and oxygen atoms in total. The molecule has 1 saturated heterocycles. The number of ether oxygens (including phenoxy) is 1. The number of benzene rings is 2. The van der Waals surface area contributed by atoms with Crippen LogP contribution in [0.5, 0.6) is 5.75 Å². The number of carbonyl (C=O) groups excluding carboxylic acids is 1. The second-order valence-corrected chi connectivity index (χ2v) is 7.32. The molecule has 1 N–H and O–H groups in total. The van der Waals surface area contributed by atoms with E-state index >= 15 is 0 Å². The lowest BCUT2D eigenvalue weighted by Gasteiger charge is -2.26. The predicted octanol–water partition coefficient (Wildman–Crippen LogP) is 4.65. The summed E-state index contributed by atoms with van der Waals surface area (Å²) in [5, 5.41) is 3.42. The Kier molecular flexibility index (Phi) is 7.13. The molecule has 5 heteroatoms. The van der Waals surface area contributed by atoms with Gasteiger partial charge in [-0.1, -0.05) is 42.3 Å². The molecule has 1 heterocycles. The van der Waals surface area contributed by atoms with Crippen molar-refractivity contribution < 1.29 is 9.53 Å². The number of amides is 1. The Bertz CT molecular complexity index is 773. The van der Waals surface area contributed by atoms with E-state index in [1.165, 1.54) is 37.9 Å². The van der Waals surface area contributed by atoms with Crippen LogP contribution in [-0.4, -0.2) is 30.5 Å². The molecule has 1 aliphatic rings. The van der Waals surface area contributed by atoms with E-state index in [1.807, 2.05) is 13.0 Å². The van der Waals surface area contributed by atoms with Crippen molar-refractivity contribution in [3.63, 3.8) is 0 Å². The van der Waals surface area contributed by atoms with Crippen molar-refractivity contribution in [3.05, 3.63) is 64.2 Å². The van der Waals surface area contributed by atoms with Gasteiger partial charge in [0.15, 0.2) is 0 Å². The van der Waals surface area contributed by atoms with E-state index in [-0.39, 0.29) is 5.91 Å². The van der Waals surface area contributed by atoms with Crippen molar-refractivity contribution in [1.82, 2.24) is 10.2 Å². The second-order valence-electron chi connectivity index (χ2n) is 6.92. The summed E-state index contributed by atoms with van der Waals surface area (Å²) in [5.41, 5.74) is 2.94. The van der Waals surface area contributed by atoms with Crippen LogP contribution in [0.15, 0.2) is 42.5 Å². The lowest BCUT2D eigenvalue weighted by atomic mass is 10.1. The Labute approximate surface area is 166 Å². The summed E-state index contributed by atoms with van der Waals surface area (Å²) in [7, 11) is 0. The fourth-order valence-electron chi connectivity index (χ4n) is 3.41. The fourth-order valence-corrected chi connectivity index (χ4v) is 3.65. The zero-order valence-corrected chi connectivity index (χ0v) is 16.6. The van der Waals surface area contributed by atoms with Crippen LogP contribution in [0, 0.1) is 0 Å². The number of likely N-dealkylation sites (tertiary alicyclic amines) is 1. The average Bonchev–Trinajstić information content (AvgIpc) is 2.69. The molecule has 1 amide bonds. The molecular weight excluding hydrogens is 360 g/mol. The molecule has 2 aromatic rings. The van der Waals surface area contributed by atoms with Crippen LogP contribution in [0.2, 0.25) is 5.02 Å². The van der Waals surface area contributed by atoms with Gasteiger partial charge in [-0.3, -0.25) is 9.69 Å². The van der Waals surface area contributed by atoms with Gasteiger partial charge in [0.1, 0.15) is 5.75 Å². The standard InChI is InChI=1S/C22H27ClN2O2/c1-2-27-21-10-9-19(14-20(21)23)22(26)24-15-17-7-6-8-18(13-17)16-25-11-4-3-5-12-25/h6-10,13-14H,2-5,11-12,15-16H2,1H3,(H,24,26). The van der Waals surface area contributed by atoms with Gasteiger partial charge in [-0.25, -0.2) is 0 Å². The second kappa shape index (κ2) is 9.77.